The molecule has 0 aliphatic rings. The van der Waals surface area contributed by atoms with Gasteiger partial charge in [-0.1, -0.05) is 12.1 Å². The number of nitrogens with zero attached hydrogens (tertiary/aromatic N) is 1. The molecule has 1 aromatic carbocycles. The zero-order valence-electron chi connectivity index (χ0n) is 9.27. The molecule has 0 bridgehead atoms. The number of hydrogen-bond acceptors (Lipinski definition) is 2. The monoisotopic (exact) mass is 230 g/mol. The maximum atomic E-state index is 13.5. The molecule has 0 spiro atoms. The second-order valence-electron chi connectivity index (χ2n) is 3.65. The maximum absolute atomic E-state index is 13.5. The van der Waals surface area contributed by atoms with Crippen molar-refractivity contribution >= 4 is 11.7 Å². The molecule has 1 N–H and O–H groups in total. The van der Waals surface area contributed by atoms with Gasteiger partial charge in [-0.05, 0) is 36.8 Å². The topological polar surface area (TPSA) is 42.0 Å². The van der Waals surface area contributed by atoms with Gasteiger partial charge in [0.15, 0.2) is 0 Å². The molecule has 0 saturated carbocycles. The number of carbonyl (C=O) groups excluding carboxylic acids is 1. The normalized spacial score (nSPS) is 10.0. The van der Waals surface area contributed by atoms with E-state index in [0.29, 0.717) is 5.82 Å². The molecule has 2 aromatic rings. The van der Waals surface area contributed by atoms with E-state index in [1.54, 1.807) is 37.4 Å². The third-order valence-electron chi connectivity index (χ3n) is 2.28. The first-order valence-corrected chi connectivity index (χ1v) is 5.15. The van der Waals surface area contributed by atoms with Gasteiger partial charge < -0.3 is 5.32 Å². The predicted octanol–water partition coefficient (Wildman–Crippen LogP) is 2.78. The Kier molecular flexibility index (Phi) is 3.14. The number of nitrogens with one attached hydrogen (secondary N) is 1. The summed E-state index contributed by atoms with van der Waals surface area (Å²) in [7, 11) is 0. The second kappa shape index (κ2) is 4.74. The molecule has 0 aliphatic heterocycles. The van der Waals surface area contributed by atoms with Crippen LogP contribution in [0, 0.1) is 12.7 Å². The largest absolute Gasteiger partial charge is 0.306 e. The highest BCUT2D eigenvalue weighted by Gasteiger charge is 2.11. The average Bonchev–Trinajstić information content (AvgIpc) is 2.30. The molecule has 1 heterocycles. The van der Waals surface area contributed by atoms with Crippen LogP contribution in [0.1, 0.15) is 15.9 Å². The first-order chi connectivity index (χ1) is 8.16. The molecule has 4 heteroatoms. The highest BCUT2D eigenvalue weighted by atomic mass is 19.1. The van der Waals surface area contributed by atoms with Gasteiger partial charge in [-0.25, -0.2) is 9.37 Å². The van der Waals surface area contributed by atoms with Crippen molar-refractivity contribution in [1.29, 1.82) is 0 Å². The fraction of sp³-hybridized carbons (Fsp3) is 0.0769. The van der Waals surface area contributed by atoms with Gasteiger partial charge in [-0.15, -0.1) is 0 Å². The SMILES string of the molecule is Cc1ccc(C(=O)Nc2ccccn2)c(F)c1. The number of pyridine rings is 1. The molecule has 0 aliphatic carbocycles. The van der Waals surface area contributed by atoms with E-state index < -0.39 is 11.7 Å². The quantitative estimate of drug-likeness (QED) is 0.861. The number of hydrogen-bond donors (Lipinski definition) is 1. The first-order valence-electron chi connectivity index (χ1n) is 5.15. The van der Waals surface area contributed by atoms with Crippen LogP contribution in [0.5, 0.6) is 0 Å². The maximum Gasteiger partial charge on any atom is 0.259 e. The minimum Gasteiger partial charge on any atom is -0.306 e. The van der Waals surface area contributed by atoms with Crippen molar-refractivity contribution in [2.24, 2.45) is 0 Å². The number of anilines is 1. The molecule has 0 radical (unpaired) electrons. The summed E-state index contributed by atoms with van der Waals surface area (Å²) < 4.78 is 13.5. The fourth-order valence-electron chi connectivity index (χ4n) is 1.42. The first kappa shape index (κ1) is 11.3. The summed E-state index contributed by atoms with van der Waals surface area (Å²) in [6, 6.07) is 9.60. The molecule has 3 nitrogen and oxygen atoms in total. The van der Waals surface area contributed by atoms with Gasteiger partial charge in [-0.2, -0.15) is 0 Å². The lowest BCUT2D eigenvalue weighted by molar-refractivity contribution is 0.102. The van der Waals surface area contributed by atoms with E-state index in [4.69, 9.17) is 0 Å². The molecule has 1 amide bonds. The van der Waals surface area contributed by atoms with Crippen LogP contribution in [-0.4, -0.2) is 10.9 Å². The van der Waals surface area contributed by atoms with Crippen molar-refractivity contribution in [3.63, 3.8) is 0 Å². The molecule has 86 valence electrons. The lowest BCUT2D eigenvalue weighted by atomic mass is 10.1. The number of benzene rings is 1. The molecular formula is C13H11FN2O. The summed E-state index contributed by atoms with van der Waals surface area (Å²) in [5.74, 6) is -0.628. The van der Waals surface area contributed by atoms with Gasteiger partial charge in [0, 0.05) is 6.20 Å². The Hall–Kier alpha value is -2.23. The van der Waals surface area contributed by atoms with Crippen LogP contribution < -0.4 is 5.32 Å². The van der Waals surface area contributed by atoms with Gasteiger partial charge >= 0.3 is 0 Å². The highest BCUT2D eigenvalue weighted by Crippen LogP contribution is 2.11. The molecule has 0 atom stereocenters. The zero-order chi connectivity index (χ0) is 12.3. The van der Waals surface area contributed by atoms with E-state index in [9.17, 15) is 9.18 Å². The Balaban J connectivity index is 2.21. The lowest BCUT2D eigenvalue weighted by Gasteiger charge is -2.05. The minimum atomic E-state index is -0.529. The van der Waals surface area contributed by atoms with Crippen molar-refractivity contribution in [3.05, 3.63) is 59.5 Å². The summed E-state index contributed by atoms with van der Waals surface area (Å²) in [4.78, 5) is 15.7. The van der Waals surface area contributed by atoms with E-state index in [1.165, 1.54) is 12.1 Å². The van der Waals surface area contributed by atoms with Crippen LogP contribution in [0.15, 0.2) is 42.6 Å². The molecule has 17 heavy (non-hydrogen) atoms. The molecular weight excluding hydrogens is 219 g/mol. The van der Waals surface area contributed by atoms with Gasteiger partial charge in [0.25, 0.3) is 5.91 Å². The van der Waals surface area contributed by atoms with E-state index in [0.717, 1.165) is 5.56 Å². The zero-order valence-corrected chi connectivity index (χ0v) is 9.27. The van der Waals surface area contributed by atoms with E-state index in [2.05, 4.69) is 10.3 Å². The molecule has 0 fully saturated rings. The van der Waals surface area contributed by atoms with Gasteiger partial charge in [0.1, 0.15) is 11.6 Å². The van der Waals surface area contributed by atoms with Gasteiger partial charge in [0.05, 0.1) is 5.56 Å². The number of halogens is 1. The molecule has 1 aromatic heterocycles. The van der Waals surface area contributed by atoms with Crippen molar-refractivity contribution in [3.8, 4) is 0 Å². The van der Waals surface area contributed by atoms with E-state index >= 15 is 0 Å². The number of rotatable bonds is 2. The van der Waals surface area contributed by atoms with Crippen LogP contribution in [0.4, 0.5) is 10.2 Å². The van der Waals surface area contributed by atoms with Crippen LogP contribution in [0.3, 0.4) is 0 Å². The van der Waals surface area contributed by atoms with E-state index in [1.807, 2.05) is 0 Å². The Morgan fingerprint density at radius 2 is 2.12 bits per heavy atom. The number of amides is 1. The average molecular weight is 230 g/mol. The summed E-state index contributed by atoms with van der Waals surface area (Å²) in [5, 5.41) is 2.53. The van der Waals surface area contributed by atoms with Crippen LogP contribution >= 0.6 is 0 Å². The summed E-state index contributed by atoms with van der Waals surface area (Å²) in [6.07, 6.45) is 1.56. The summed E-state index contributed by atoms with van der Waals surface area (Å²) in [5.41, 5.74) is 0.790. The Morgan fingerprint density at radius 1 is 1.29 bits per heavy atom. The van der Waals surface area contributed by atoms with Crippen molar-refractivity contribution in [2.75, 3.05) is 5.32 Å². The Labute approximate surface area is 98.3 Å². The van der Waals surface area contributed by atoms with Crippen LogP contribution in [-0.2, 0) is 0 Å². The number of aryl methyl sites for hydroxylation is 1. The van der Waals surface area contributed by atoms with Gasteiger partial charge in [-0.3, -0.25) is 4.79 Å². The van der Waals surface area contributed by atoms with Crippen molar-refractivity contribution < 1.29 is 9.18 Å². The number of carbonyl (C=O) groups is 1. The highest BCUT2D eigenvalue weighted by molar-refractivity contribution is 6.03. The van der Waals surface area contributed by atoms with Crippen LogP contribution in [0.2, 0.25) is 0 Å². The predicted molar refractivity (Wildman–Crippen MR) is 63.3 cm³/mol. The van der Waals surface area contributed by atoms with Crippen molar-refractivity contribution in [1.82, 2.24) is 4.98 Å². The van der Waals surface area contributed by atoms with Gasteiger partial charge in [0.2, 0.25) is 0 Å². The second-order valence-corrected chi connectivity index (χ2v) is 3.65. The summed E-state index contributed by atoms with van der Waals surface area (Å²) >= 11 is 0. The third-order valence-corrected chi connectivity index (χ3v) is 2.28. The molecule has 0 saturated heterocycles. The minimum absolute atomic E-state index is 0.0150. The number of aromatic nitrogens is 1. The standard InChI is InChI=1S/C13H11FN2O/c1-9-5-6-10(11(14)8-9)13(17)16-12-4-2-3-7-15-12/h2-8H,1H3,(H,15,16,17). The molecule has 2 rings (SSSR count). The van der Waals surface area contributed by atoms with Crippen molar-refractivity contribution in [2.45, 2.75) is 6.92 Å². The smallest absolute Gasteiger partial charge is 0.259 e. The molecule has 0 unspecified atom stereocenters. The van der Waals surface area contributed by atoms with E-state index in [-0.39, 0.29) is 5.56 Å². The fourth-order valence-corrected chi connectivity index (χ4v) is 1.42. The lowest BCUT2D eigenvalue weighted by Crippen LogP contribution is -2.14. The Bertz CT molecular complexity index is 540. The summed E-state index contributed by atoms with van der Waals surface area (Å²) in [6.45, 7) is 1.77. The third kappa shape index (κ3) is 2.66. The Morgan fingerprint density at radius 3 is 2.76 bits per heavy atom. The van der Waals surface area contributed by atoms with Crippen LogP contribution in [0.25, 0.3) is 0 Å².